The van der Waals surface area contributed by atoms with E-state index in [1.165, 1.54) is 15.2 Å². The van der Waals surface area contributed by atoms with Crippen molar-refractivity contribution in [3.05, 3.63) is 124 Å². The molecule has 2 aromatic carbocycles. The van der Waals surface area contributed by atoms with Gasteiger partial charge in [0, 0.05) is 44.4 Å². The maximum atomic E-state index is 14.0. The second kappa shape index (κ2) is 20.5. The van der Waals surface area contributed by atoms with Crippen LogP contribution in [0.3, 0.4) is 0 Å². The van der Waals surface area contributed by atoms with E-state index in [-0.39, 0.29) is 50.6 Å². The van der Waals surface area contributed by atoms with Crippen LogP contribution in [0.1, 0.15) is 86.5 Å². The molecule has 14 nitrogen and oxygen atoms in total. The highest BCUT2D eigenvalue weighted by Crippen LogP contribution is 2.54. The lowest BCUT2D eigenvalue weighted by Gasteiger charge is -2.28. The molecule has 0 N–H and O–H groups in total. The minimum absolute atomic E-state index is 0.0573. The van der Waals surface area contributed by atoms with E-state index in [0.717, 1.165) is 61.5 Å². The highest BCUT2D eigenvalue weighted by Gasteiger charge is 2.35. The van der Waals surface area contributed by atoms with Gasteiger partial charge in [0.25, 0.3) is 7.37 Å². The lowest BCUT2D eigenvalue weighted by Crippen LogP contribution is -2.55. The number of unbranched alkanes of at least 4 members (excludes halogenated alkanes) is 2. The van der Waals surface area contributed by atoms with E-state index in [0.29, 0.717) is 30.6 Å². The molecular weight excluding hydrogens is 747 g/mol. The van der Waals surface area contributed by atoms with E-state index < -0.39 is 41.5 Å². The fraction of sp³-hybridized carbons (Fsp3) is 0.524. The first-order valence-corrected chi connectivity index (χ1v) is 22.1. The zero-order valence-corrected chi connectivity index (χ0v) is 35.2. The molecule has 3 unspecified atom stereocenters. The summed E-state index contributed by atoms with van der Waals surface area (Å²) in [7, 11) is -3.27. The topological polar surface area (TPSA) is 158 Å². The fourth-order valence-electron chi connectivity index (χ4n) is 6.63. The van der Waals surface area contributed by atoms with E-state index in [4.69, 9.17) is 4.52 Å². The number of rotatable bonds is 18. The van der Waals surface area contributed by atoms with E-state index >= 15 is 0 Å². The second-order valence-electron chi connectivity index (χ2n) is 14.9. The molecule has 0 fully saturated rings. The van der Waals surface area contributed by atoms with Crippen LogP contribution in [0.4, 0.5) is 0 Å². The Balaban J connectivity index is 0.000000293. The summed E-state index contributed by atoms with van der Waals surface area (Å²) in [5.74, 6) is 0.884. The Morgan fingerprint density at radius 1 is 0.596 bits per heavy atom. The third kappa shape index (κ3) is 10.1. The predicted molar refractivity (Wildman–Crippen MR) is 227 cm³/mol. The molecule has 1 aliphatic heterocycles. The van der Waals surface area contributed by atoms with Crippen molar-refractivity contribution >= 4 is 12.7 Å². The Kier molecular flexibility index (Phi) is 16.1. The van der Waals surface area contributed by atoms with Gasteiger partial charge in [-0.2, -0.15) is 0 Å². The van der Waals surface area contributed by atoms with Gasteiger partial charge in [0.2, 0.25) is 0 Å². The molecule has 0 saturated carbocycles. The molecule has 0 amide bonds. The van der Waals surface area contributed by atoms with Crippen LogP contribution in [0.5, 0.6) is 5.75 Å². The van der Waals surface area contributed by atoms with Crippen LogP contribution in [0, 0.1) is 11.8 Å². The summed E-state index contributed by atoms with van der Waals surface area (Å²) in [4.78, 5) is 76.4. The molecule has 0 bridgehead atoms. The van der Waals surface area contributed by atoms with Crippen molar-refractivity contribution in [3.63, 3.8) is 0 Å². The first kappa shape index (κ1) is 44.7. The van der Waals surface area contributed by atoms with Crippen molar-refractivity contribution in [2.45, 2.75) is 126 Å². The van der Waals surface area contributed by atoms with Gasteiger partial charge < -0.3 is 4.52 Å². The summed E-state index contributed by atoms with van der Waals surface area (Å²) in [5, 5.41) is 0.651. The molecular formula is C42H59N6O8P. The van der Waals surface area contributed by atoms with Crippen LogP contribution >= 0.6 is 7.37 Å². The number of nitrogens with zero attached hydrogens (tertiary/aromatic N) is 6. The Hall–Kier alpha value is -4.97. The van der Waals surface area contributed by atoms with Gasteiger partial charge in [-0.15, -0.1) is 6.58 Å². The standard InChI is InChI=1S/C27H34N3O5P.C15H25N3O3/c1-4-6-16-28-25(31)29(27(33)30(26(28)32)19-20(3)5-2)17-11-18-36(34)24-15-10-8-13-22(24)21-12-7-9-14-23(21)35-36;1-5-8-10-17-13(19)16(9-6-2)14(20)18(15(17)21)11-12(4)7-3/h7-10,12-15,20H,4-6,11,16-19H2,1-3H3;6,12H,2,5,7-11H2,1,3-4H3. The molecule has 310 valence electrons. The number of para-hydroxylation sites is 1. The summed E-state index contributed by atoms with van der Waals surface area (Å²) in [5.41, 5.74) is -1.57. The molecule has 0 radical (unpaired) electrons. The SMILES string of the molecule is C=CCn1c(=O)n(CCCC)c(=O)n(CC(C)CC)c1=O.CCCCn1c(=O)n(CCCP2(=O)Oc3ccccc3-c3ccccc32)c(=O)n(CC(C)CC)c1=O. The summed E-state index contributed by atoms with van der Waals surface area (Å²) in [6, 6.07) is 15.0. The van der Waals surface area contributed by atoms with E-state index in [2.05, 4.69) is 6.58 Å². The molecule has 0 saturated heterocycles. The van der Waals surface area contributed by atoms with Gasteiger partial charge in [-0.25, -0.2) is 56.2 Å². The molecule has 3 heterocycles. The minimum atomic E-state index is -3.27. The molecule has 1 aliphatic rings. The average molecular weight is 807 g/mol. The summed E-state index contributed by atoms with van der Waals surface area (Å²) in [6.07, 6.45) is 6.70. The van der Waals surface area contributed by atoms with Gasteiger partial charge in [0.05, 0.1) is 11.8 Å². The molecule has 2 aromatic heterocycles. The van der Waals surface area contributed by atoms with Gasteiger partial charge in [0.15, 0.2) is 0 Å². The van der Waals surface area contributed by atoms with Crippen molar-refractivity contribution in [1.29, 1.82) is 0 Å². The molecule has 0 spiro atoms. The lowest BCUT2D eigenvalue weighted by atomic mass is 10.0. The third-order valence-corrected chi connectivity index (χ3v) is 13.0. The maximum absolute atomic E-state index is 14.0. The van der Waals surface area contributed by atoms with Crippen molar-refractivity contribution < 1.29 is 9.09 Å². The number of benzene rings is 2. The first-order valence-electron chi connectivity index (χ1n) is 20.3. The van der Waals surface area contributed by atoms with Crippen molar-refractivity contribution in [1.82, 2.24) is 27.4 Å². The van der Waals surface area contributed by atoms with Crippen LogP contribution in [0.15, 0.2) is 90.0 Å². The molecule has 57 heavy (non-hydrogen) atoms. The predicted octanol–water partition coefficient (Wildman–Crippen LogP) is 5.27. The van der Waals surface area contributed by atoms with Crippen LogP contribution in [0.25, 0.3) is 11.1 Å². The lowest BCUT2D eigenvalue weighted by molar-refractivity contribution is 0.383. The average Bonchev–Trinajstić information content (AvgIpc) is 3.21. The highest BCUT2D eigenvalue weighted by molar-refractivity contribution is 7.67. The largest absolute Gasteiger partial charge is 0.439 e. The summed E-state index contributed by atoms with van der Waals surface area (Å²) >= 11 is 0. The van der Waals surface area contributed by atoms with Crippen molar-refractivity contribution in [2.24, 2.45) is 11.8 Å². The Morgan fingerprint density at radius 3 is 1.51 bits per heavy atom. The zero-order chi connectivity index (χ0) is 41.9. The van der Waals surface area contributed by atoms with E-state index in [1.54, 1.807) is 6.07 Å². The van der Waals surface area contributed by atoms with Crippen molar-refractivity contribution in [3.8, 4) is 16.9 Å². The van der Waals surface area contributed by atoms with E-state index in [9.17, 15) is 33.3 Å². The molecule has 15 heteroatoms. The van der Waals surface area contributed by atoms with E-state index in [1.807, 2.05) is 84.0 Å². The van der Waals surface area contributed by atoms with Gasteiger partial charge in [-0.1, -0.05) is 110 Å². The Labute approximate surface area is 333 Å². The van der Waals surface area contributed by atoms with Crippen molar-refractivity contribution in [2.75, 3.05) is 6.16 Å². The zero-order valence-electron chi connectivity index (χ0n) is 34.4. The first-order chi connectivity index (χ1) is 27.3. The Morgan fingerprint density at radius 2 is 1.02 bits per heavy atom. The molecule has 0 aliphatic carbocycles. The van der Waals surface area contributed by atoms with Gasteiger partial charge in [0.1, 0.15) is 5.75 Å². The van der Waals surface area contributed by atoms with Gasteiger partial charge in [-0.05, 0) is 48.8 Å². The second-order valence-corrected chi connectivity index (χ2v) is 17.3. The number of aromatic nitrogens is 6. The van der Waals surface area contributed by atoms with Crippen LogP contribution in [0.2, 0.25) is 0 Å². The molecule has 5 rings (SSSR count). The fourth-order valence-corrected chi connectivity index (χ4v) is 8.97. The number of hydrogen-bond acceptors (Lipinski definition) is 8. The minimum Gasteiger partial charge on any atom is -0.439 e. The summed E-state index contributed by atoms with van der Waals surface area (Å²) < 4.78 is 27.0. The van der Waals surface area contributed by atoms with Crippen LogP contribution in [-0.2, 0) is 43.8 Å². The quantitative estimate of drug-likeness (QED) is 0.0972. The molecule has 4 aromatic rings. The number of allylic oxidation sites excluding steroid dienone is 1. The normalized spacial score (nSPS) is 15.4. The molecule has 3 atom stereocenters. The smallest absolute Gasteiger partial charge is 0.336 e. The number of fused-ring (bicyclic) bond motifs is 3. The van der Waals surface area contributed by atoms with Gasteiger partial charge in [-0.3, -0.25) is 4.57 Å². The van der Waals surface area contributed by atoms with Crippen LogP contribution < -0.4 is 44.0 Å². The monoisotopic (exact) mass is 806 g/mol. The highest BCUT2D eigenvalue weighted by atomic mass is 31.2. The number of hydrogen-bond donors (Lipinski definition) is 0. The van der Waals surface area contributed by atoms with Gasteiger partial charge >= 0.3 is 34.1 Å². The van der Waals surface area contributed by atoms with Crippen LogP contribution in [-0.4, -0.2) is 33.6 Å². The third-order valence-electron chi connectivity index (χ3n) is 10.5. The Bertz CT molecular complexity index is 2430. The summed E-state index contributed by atoms with van der Waals surface area (Å²) in [6.45, 7) is 16.9. The maximum Gasteiger partial charge on any atom is 0.336 e.